The lowest BCUT2D eigenvalue weighted by atomic mass is 10.2. The Bertz CT molecular complexity index is 899. The average Bonchev–Trinajstić information content (AvgIpc) is 3.07. The molecular weight excluding hydrogens is 350 g/mol. The highest BCUT2D eigenvalue weighted by atomic mass is 35.5. The summed E-state index contributed by atoms with van der Waals surface area (Å²) in [7, 11) is 0. The third-order valence-corrected chi connectivity index (χ3v) is 4.14. The molecule has 0 aliphatic rings. The quantitative estimate of drug-likeness (QED) is 0.417. The molecule has 3 aromatic rings. The van der Waals surface area contributed by atoms with Crippen LogP contribution >= 0.6 is 23.4 Å². The van der Waals surface area contributed by atoms with Gasteiger partial charge in [-0.05, 0) is 41.6 Å². The highest BCUT2D eigenvalue weighted by molar-refractivity contribution is 7.99. The summed E-state index contributed by atoms with van der Waals surface area (Å²) >= 11 is 7.04. The van der Waals surface area contributed by atoms with Crippen molar-refractivity contribution >= 4 is 41.0 Å². The van der Waals surface area contributed by atoms with Crippen LogP contribution in [0.4, 0.5) is 11.4 Å². The number of aromatic amines is 1. The molecule has 0 saturated heterocycles. The Morgan fingerprint density at radius 3 is 2.88 bits per heavy atom. The Labute approximate surface area is 146 Å². The van der Waals surface area contributed by atoms with Crippen LogP contribution in [0.3, 0.4) is 0 Å². The molecule has 7 nitrogen and oxygen atoms in total. The van der Waals surface area contributed by atoms with Crippen molar-refractivity contribution in [2.45, 2.75) is 10.1 Å². The van der Waals surface area contributed by atoms with Crippen LogP contribution in [0.1, 0.15) is 5.56 Å². The van der Waals surface area contributed by atoms with Gasteiger partial charge in [-0.25, -0.2) is 4.98 Å². The summed E-state index contributed by atoms with van der Waals surface area (Å²) in [6.45, 7) is 0. The van der Waals surface area contributed by atoms with Crippen molar-refractivity contribution in [2.75, 3.05) is 0 Å². The molecule has 0 spiro atoms. The van der Waals surface area contributed by atoms with E-state index < -0.39 is 4.92 Å². The van der Waals surface area contributed by atoms with Crippen LogP contribution in [0.2, 0.25) is 5.02 Å². The van der Waals surface area contributed by atoms with Crippen LogP contribution in [-0.2, 0) is 0 Å². The minimum Gasteiger partial charge on any atom is -0.258 e. The number of aromatic nitrogens is 3. The average molecular weight is 360 g/mol. The van der Waals surface area contributed by atoms with Crippen LogP contribution in [0.25, 0.3) is 0 Å². The third-order valence-electron chi connectivity index (χ3n) is 2.95. The zero-order valence-electron chi connectivity index (χ0n) is 12.1. The van der Waals surface area contributed by atoms with Crippen molar-refractivity contribution in [3.63, 3.8) is 0 Å². The molecule has 0 saturated carbocycles. The molecule has 24 heavy (non-hydrogen) atoms. The Hall–Kier alpha value is -2.71. The SMILES string of the molecule is O=[N+]([O-])c1cc(C=Nc2cccc(Cl)c2)ccc1Sc1ncn[nH]1. The van der Waals surface area contributed by atoms with Crippen molar-refractivity contribution in [3.05, 3.63) is 69.5 Å². The van der Waals surface area contributed by atoms with Gasteiger partial charge in [-0.15, -0.1) is 0 Å². The van der Waals surface area contributed by atoms with E-state index in [1.807, 2.05) is 0 Å². The molecule has 0 amide bonds. The lowest BCUT2D eigenvalue weighted by Crippen LogP contribution is -1.93. The minimum atomic E-state index is -0.435. The number of halogens is 1. The second-order valence-corrected chi connectivity index (χ2v) is 6.08. The topological polar surface area (TPSA) is 97.1 Å². The van der Waals surface area contributed by atoms with Crippen LogP contribution < -0.4 is 0 Å². The first-order valence-electron chi connectivity index (χ1n) is 6.73. The van der Waals surface area contributed by atoms with Gasteiger partial charge in [-0.2, -0.15) is 5.10 Å². The number of H-pyrrole nitrogens is 1. The molecule has 1 N–H and O–H groups in total. The van der Waals surface area contributed by atoms with Gasteiger partial charge in [0.05, 0.1) is 15.5 Å². The van der Waals surface area contributed by atoms with E-state index in [2.05, 4.69) is 20.2 Å². The summed E-state index contributed by atoms with van der Waals surface area (Å²) in [5, 5.41) is 18.7. The van der Waals surface area contributed by atoms with E-state index in [4.69, 9.17) is 11.6 Å². The number of hydrogen-bond donors (Lipinski definition) is 1. The fraction of sp³-hybridized carbons (Fsp3) is 0. The highest BCUT2D eigenvalue weighted by Crippen LogP contribution is 2.33. The van der Waals surface area contributed by atoms with E-state index in [-0.39, 0.29) is 5.69 Å². The lowest BCUT2D eigenvalue weighted by Gasteiger charge is -2.02. The first kappa shape index (κ1) is 16.2. The molecule has 0 bridgehead atoms. The fourth-order valence-electron chi connectivity index (χ4n) is 1.90. The minimum absolute atomic E-state index is 0.0218. The number of nitro benzene ring substituents is 1. The Morgan fingerprint density at radius 1 is 1.29 bits per heavy atom. The molecule has 0 aliphatic heterocycles. The zero-order valence-corrected chi connectivity index (χ0v) is 13.7. The second-order valence-electron chi connectivity index (χ2n) is 4.62. The summed E-state index contributed by atoms with van der Waals surface area (Å²) < 4.78 is 0. The van der Waals surface area contributed by atoms with E-state index >= 15 is 0 Å². The van der Waals surface area contributed by atoms with Gasteiger partial charge < -0.3 is 0 Å². The summed E-state index contributed by atoms with van der Waals surface area (Å²) in [5.41, 5.74) is 1.26. The van der Waals surface area contributed by atoms with Crippen LogP contribution in [-0.4, -0.2) is 26.3 Å². The highest BCUT2D eigenvalue weighted by Gasteiger charge is 2.16. The number of aliphatic imine (C=N–C) groups is 1. The van der Waals surface area contributed by atoms with Crippen molar-refractivity contribution in [2.24, 2.45) is 4.99 Å². The number of benzene rings is 2. The van der Waals surface area contributed by atoms with Gasteiger partial charge in [0, 0.05) is 17.3 Å². The maximum absolute atomic E-state index is 11.3. The Balaban J connectivity index is 1.87. The standard InChI is InChI=1S/C15H10ClN5O2S/c16-11-2-1-3-12(7-11)17-8-10-4-5-14(13(6-10)21(22)23)24-15-18-9-19-20-15/h1-9H,(H,18,19,20). The van der Waals surface area contributed by atoms with E-state index in [1.54, 1.807) is 42.6 Å². The number of nitro groups is 1. The zero-order chi connectivity index (χ0) is 16.9. The van der Waals surface area contributed by atoms with E-state index in [9.17, 15) is 10.1 Å². The van der Waals surface area contributed by atoms with E-state index in [1.165, 1.54) is 12.4 Å². The molecule has 0 aliphatic carbocycles. The predicted octanol–water partition coefficient (Wildman–Crippen LogP) is 4.27. The summed E-state index contributed by atoms with van der Waals surface area (Å²) in [4.78, 5) is 19.6. The normalized spacial score (nSPS) is 11.0. The summed E-state index contributed by atoms with van der Waals surface area (Å²) in [6.07, 6.45) is 2.90. The number of nitrogens with one attached hydrogen (secondary N) is 1. The van der Waals surface area contributed by atoms with Gasteiger partial charge in [0.1, 0.15) is 6.33 Å². The first-order chi connectivity index (χ1) is 11.6. The molecule has 0 atom stereocenters. The van der Waals surface area contributed by atoms with Gasteiger partial charge in [0.25, 0.3) is 5.69 Å². The summed E-state index contributed by atoms with van der Waals surface area (Å²) in [5.74, 6) is 0. The van der Waals surface area contributed by atoms with E-state index in [0.717, 1.165) is 11.8 Å². The van der Waals surface area contributed by atoms with E-state index in [0.29, 0.717) is 26.3 Å². The molecule has 0 unspecified atom stereocenters. The number of rotatable bonds is 5. The molecule has 3 rings (SSSR count). The fourth-order valence-corrected chi connectivity index (χ4v) is 2.86. The van der Waals surface area contributed by atoms with Crippen molar-refractivity contribution < 1.29 is 4.92 Å². The van der Waals surface area contributed by atoms with Gasteiger partial charge >= 0.3 is 0 Å². The van der Waals surface area contributed by atoms with Crippen LogP contribution in [0.15, 0.2) is 63.8 Å². The molecule has 0 radical (unpaired) electrons. The van der Waals surface area contributed by atoms with Crippen LogP contribution in [0, 0.1) is 10.1 Å². The van der Waals surface area contributed by atoms with Gasteiger partial charge in [0.15, 0.2) is 5.16 Å². The maximum atomic E-state index is 11.3. The maximum Gasteiger partial charge on any atom is 0.283 e. The molecule has 1 aromatic heterocycles. The Kier molecular flexibility index (Phi) is 4.88. The molecule has 9 heteroatoms. The second kappa shape index (κ2) is 7.24. The molecule has 120 valence electrons. The third kappa shape index (κ3) is 3.98. The van der Waals surface area contributed by atoms with Crippen molar-refractivity contribution in [3.8, 4) is 0 Å². The first-order valence-corrected chi connectivity index (χ1v) is 7.92. The molecular formula is C15H10ClN5O2S. The number of nitrogens with zero attached hydrogens (tertiary/aromatic N) is 4. The smallest absolute Gasteiger partial charge is 0.258 e. The lowest BCUT2D eigenvalue weighted by molar-refractivity contribution is -0.387. The van der Waals surface area contributed by atoms with Crippen molar-refractivity contribution in [1.82, 2.24) is 15.2 Å². The summed E-state index contributed by atoms with van der Waals surface area (Å²) in [6, 6.07) is 11.9. The largest absolute Gasteiger partial charge is 0.283 e. The van der Waals surface area contributed by atoms with Crippen LogP contribution in [0.5, 0.6) is 0 Å². The van der Waals surface area contributed by atoms with Gasteiger partial charge in [0.2, 0.25) is 0 Å². The monoisotopic (exact) mass is 359 g/mol. The van der Waals surface area contributed by atoms with Gasteiger partial charge in [-0.1, -0.05) is 23.7 Å². The molecule has 0 fully saturated rings. The van der Waals surface area contributed by atoms with Crippen molar-refractivity contribution in [1.29, 1.82) is 0 Å². The number of hydrogen-bond acceptors (Lipinski definition) is 6. The molecule has 1 heterocycles. The molecule has 2 aromatic carbocycles. The Morgan fingerprint density at radius 2 is 2.17 bits per heavy atom. The van der Waals surface area contributed by atoms with Gasteiger partial charge in [-0.3, -0.25) is 20.2 Å². The predicted molar refractivity (Wildman–Crippen MR) is 92.3 cm³/mol.